The summed E-state index contributed by atoms with van der Waals surface area (Å²) in [5.41, 5.74) is 12.3. The van der Waals surface area contributed by atoms with E-state index in [0.29, 0.717) is 25.8 Å². The van der Waals surface area contributed by atoms with E-state index < -0.39 is 5.41 Å². The van der Waals surface area contributed by atoms with Gasteiger partial charge in [-0.3, -0.25) is 9.59 Å². The van der Waals surface area contributed by atoms with Crippen molar-refractivity contribution in [1.82, 2.24) is 14.5 Å². The van der Waals surface area contributed by atoms with E-state index >= 15 is 0 Å². The molecule has 2 aliphatic carbocycles. The van der Waals surface area contributed by atoms with Crippen LogP contribution in [0.15, 0.2) is 10.9 Å². The Morgan fingerprint density at radius 3 is 2.40 bits per heavy atom. The molecule has 2 aromatic heterocycles. The molecule has 5 heteroatoms. The van der Waals surface area contributed by atoms with Gasteiger partial charge >= 0.3 is 0 Å². The fourth-order valence-electron chi connectivity index (χ4n) is 7.07. The number of pyridine rings is 2. The van der Waals surface area contributed by atoms with Crippen LogP contribution in [-0.2, 0) is 42.6 Å². The van der Waals surface area contributed by atoms with Crippen molar-refractivity contribution in [2.24, 2.45) is 0 Å². The molecule has 0 amide bonds. The number of hydrogen-bond acceptors (Lipinski definition) is 4. The monoisotopic (exact) mass is 469 g/mol. The van der Waals surface area contributed by atoms with Gasteiger partial charge in [-0.25, -0.2) is 4.98 Å². The molecule has 0 unspecified atom stereocenters. The normalized spacial score (nSPS) is 20.4. The predicted molar refractivity (Wildman–Crippen MR) is 140 cm³/mol. The Morgan fingerprint density at radius 1 is 1.00 bits per heavy atom. The maximum Gasteiger partial charge on any atom is 0.254 e. The second-order valence-corrected chi connectivity index (χ2v) is 11.4. The van der Waals surface area contributed by atoms with Crippen LogP contribution in [0.2, 0.25) is 0 Å². The Hall–Kier alpha value is -2.79. The minimum Gasteiger partial charge on any atom is -0.305 e. The van der Waals surface area contributed by atoms with Crippen LogP contribution in [0.1, 0.15) is 77.6 Å². The first-order valence-electron chi connectivity index (χ1n) is 13.1. The Labute approximate surface area is 207 Å². The van der Waals surface area contributed by atoms with Gasteiger partial charge in [0.2, 0.25) is 0 Å². The fourth-order valence-corrected chi connectivity index (χ4v) is 7.07. The third kappa shape index (κ3) is 2.94. The lowest BCUT2D eigenvalue weighted by Gasteiger charge is -2.33. The van der Waals surface area contributed by atoms with E-state index in [-0.39, 0.29) is 11.3 Å². The maximum atomic E-state index is 13.8. The molecular weight excluding hydrogens is 434 g/mol. The van der Waals surface area contributed by atoms with Crippen LogP contribution >= 0.6 is 0 Å². The first-order valence-corrected chi connectivity index (χ1v) is 13.1. The zero-order valence-electron chi connectivity index (χ0n) is 21.9. The van der Waals surface area contributed by atoms with Crippen LogP contribution in [0.5, 0.6) is 0 Å². The molecule has 0 saturated carbocycles. The molecule has 1 aliphatic heterocycles. The van der Waals surface area contributed by atoms with Crippen LogP contribution in [-0.4, -0.2) is 34.3 Å². The standard InChI is InChI=1S/C30H35N3O2/c1-7-30(4)23-13-24-28-22(15-33(24)29(35)20(23)11-12-25(30)34)21(14-32(5)6)26-16(2)18-9-8-10-19(18)17(3)27(26)31-28/h13H,7-12,14-15H2,1-6H3/t30-/m1/s1. The number of fused-ring (bicyclic) bond motifs is 6. The van der Waals surface area contributed by atoms with Gasteiger partial charge in [-0.15, -0.1) is 0 Å². The molecule has 1 aromatic carbocycles. The van der Waals surface area contributed by atoms with E-state index in [9.17, 15) is 9.59 Å². The molecule has 0 fully saturated rings. The molecule has 0 spiro atoms. The van der Waals surface area contributed by atoms with Gasteiger partial charge < -0.3 is 9.47 Å². The van der Waals surface area contributed by atoms with Crippen LogP contribution in [0, 0.1) is 13.8 Å². The molecule has 0 saturated heterocycles. The molecule has 0 bridgehead atoms. The highest BCUT2D eigenvalue weighted by Gasteiger charge is 2.41. The SMILES string of the molecule is CC[C@@]1(C)C(=O)CCc2c1cc1n(c2=O)Cc2c-1nc1c(C)c3c(c(C)c1c2CN(C)C)CCC3. The Kier molecular flexibility index (Phi) is 4.92. The minimum absolute atomic E-state index is 0.0680. The highest BCUT2D eigenvalue weighted by Crippen LogP contribution is 2.44. The number of carbonyl (C=O) groups is 1. The minimum atomic E-state index is -0.596. The summed E-state index contributed by atoms with van der Waals surface area (Å²) in [5.74, 6) is 0.247. The van der Waals surface area contributed by atoms with E-state index in [2.05, 4.69) is 45.8 Å². The zero-order valence-corrected chi connectivity index (χ0v) is 21.9. The Morgan fingerprint density at radius 2 is 1.71 bits per heavy atom. The number of nitrogens with zero attached hydrogens (tertiary/aromatic N) is 3. The number of benzene rings is 1. The van der Waals surface area contributed by atoms with Crippen molar-refractivity contribution >= 4 is 16.7 Å². The number of aromatic nitrogens is 2. The predicted octanol–water partition coefficient (Wildman–Crippen LogP) is 4.78. The molecule has 0 N–H and O–H groups in total. The first kappa shape index (κ1) is 22.7. The Balaban J connectivity index is 1.70. The second kappa shape index (κ2) is 7.60. The van der Waals surface area contributed by atoms with Crippen molar-refractivity contribution in [3.05, 3.63) is 60.9 Å². The van der Waals surface area contributed by atoms with Crippen LogP contribution < -0.4 is 5.56 Å². The quantitative estimate of drug-likeness (QED) is 0.434. The topological polar surface area (TPSA) is 55.2 Å². The van der Waals surface area contributed by atoms with E-state index in [1.54, 1.807) is 0 Å². The van der Waals surface area contributed by atoms with Crippen molar-refractivity contribution in [2.45, 2.75) is 84.7 Å². The average molecular weight is 470 g/mol. The van der Waals surface area contributed by atoms with Crippen LogP contribution in [0.4, 0.5) is 0 Å². The van der Waals surface area contributed by atoms with Gasteiger partial charge in [0.1, 0.15) is 5.78 Å². The smallest absolute Gasteiger partial charge is 0.254 e. The van der Waals surface area contributed by atoms with Crippen molar-refractivity contribution in [1.29, 1.82) is 0 Å². The molecule has 3 heterocycles. The van der Waals surface area contributed by atoms with Gasteiger partial charge in [0.05, 0.1) is 28.9 Å². The van der Waals surface area contributed by atoms with E-state index in [0.717, 1.165) is 47.4 Å². The molecule has 5 nitrogen and oxygen atoms in total. The average Bonchev–Trinajstić information content (AvgIpc) is 3.46. The lowest BCUT2D eigenvalue weighted by molar-refractivity contribution is -0.124. The van der Waals surface area contributed by atoms with Crippen molar-refractivity contribution in [3.63, 3.8) is 0 Å². The molecule has 3 aromatic rings. The lowest BCUT2D eigenvalue weighted by Crippen LogP contribution is -2.41. The molecule has 182 valence electrons. The molecular formula is C30H35N3O2. The lowest BCUT2D eigenvalue weighted by atomic mass is 9.69. The van der Waals surface area contributed by atoms with E-state index in [4.69, 9.17) is 4.98 Å². The summed E-state index contributed by atoms with van der Waals surface area (Å²) in [4.78, 5) is 34.3. The van der Waals surface area contributed by atoms with Gasteiger partial charge in [-0.05, 0) is 106 Å². The largest absolute Gasteiger partial charge is 0.305 e. The highest BCUT2D eigenvalue weighted by atomic mass is 16.1. The number of aryl methyl sites for hydroxylation is 2. The molecule has 3 aliphatic rings. The molecule has 6 rings (SSSR count). The summed E-state index contributed by atoms with van der Waals surface area (Å²) >= 11 is 0. The maximum absolute atomic E-state index is 13.8. The zero-order chi connectivity index (χ0) is 24.8. The summed E-state index contributed by atoms with van der Waals surface area (Å²) < 4.78 is 1.93. The second-order valence-electron chi connectivity index (χ2n) is 11.4. The third-order valence-corrected chi connectivity index (χ3v) is 9.22. The summed E-state index contributed by atoms with van der Waals surface area (Å²) in [6.45, 7) is 9.95. The van der Waals surface area contributed by atoms with Crippen molar-refractivity contribution < 1.29 is 4.79 Å². The third-order valence-electron chi connectivity index (χ3n) is 9.22. The van der Waals surface area contributed by atoms with Gasteiger partial charge in [0, 0.05) is 29.5 Å². The Bertz CT molecular complexity index is 1510. The van der Waals surface area contributed by atoms with Crippen molar-refractivity contribution in [3.8, 4) is 11.4 Å². The van der Waals surface area contributed by atoms with Crippen molar-refractivity contribution in [2.75, 3.05) is 14.1 Å². The highest BCUT2D eigenvalue weighted by molar-refractivity contribution is 5.95. The molecule has 0 radical (unpaired) electrons. The fraction of sp³-hybridized carbons (Fsp3) is 0.500. The summed E-state index contributed by atoms with van der Waals surface area (Å²) in [6, 6.07) is 2.14. The van der Waals surface area contributed by atoms with Gasteiger partial charge in [0.15, 0.2) is 0 Å². The van der Waals surface area contributed by atoms with Crippen LogP contribution in [0.25, 0.3) is 22.3 Å². The molecule has 1 atom stereocenters. The van der Waals surface area contributed by atoms with Gasteiger partial charge in [0.25, 0.3) is 5.56 Å². The number of Topliss-reactive ketones (excluding diaryl/α,β-unsaturated/α-hetero) is 1. The number of carbonyl (C=O) groups excluding carboxylic acids is 1. The van der Waals surface area contributed by atoms with E-state index in [1.165, 1.54) is 45.2 Å². The van der Waals surface area contributed by atoms with Gasteiger partial charge in [-0.2, -0.15) is 0 Å². The summed E-state index contributed by atoms with van der Waals surface area (Å²) in [7, 11) is 4.22. The molecule has 35 heavy (non-hydrogen) atoms. The summed E-state index contributed by atoms with van der Waals surface area (Å²) in [5, 5.41) is 1.29. The van der Waals surface area contributed by atoms with Gasteiger partial charge in [-0.1, -0.05) is 6.92 Å². The van der Waals surface area contributed by atoms with Crippen LogP contribution in [0.3, 0.4) is 0 Å². The number of hydrogen-bond donors (Lipinski definition) is 0. The summed E-state index contributed by atoms with van der Waals surface area (Å²) in [6.07, 6.45) is 5.19. The first-order chi connectivity index (χ1) is 16.7. The van der Waals surface area contributed by atoms with E-state index in [1.807, 2.05) is 11.5 Å². The number of ketones is 1. The number of rotatable bonds is 3.